The maximum Gasteiger partial charge on any atom is 0.258 e. The number of hydrazine groups is 1. The minimum Gasteiger partial charge on any atom is -0.345 e. The van der Waals surface area contributed by atoms with Crippen LogP contribution in [0.15, 0.2) is 42.5 Å². The van der Waals surface area contributed by atoms with Crippen LogP contribution in [-0.2, 0) is 18.3 Å². The number of hydrogen-bond acceptors (Lipinski definition) is 4. The average molecular weight is 383 g/mol. The van der Waals surface area contributed by atoms with Crippen LogP contribution in [0, 0.1) is 18.3 Å². The molecule has 27 heavy (non-hydrogen) atoms. The second-order valence-electron chi connectivity index (χ2n) is 6.45. The van der Waals surface area contributed by atoms with E-state index in [1.807, 2.05) is 24.6 Å². The van der Waals surface area contributed by atoms with Gasteiger partial charge in [0.25, 0.3) is 5.91 Å². The number of halogens is 1. The van der Waals surface area contributed by atoms with Gasteiger partial charge in [0.15, 0.2) is 0 Å². The van der Waals surface area contributed by atoms with Crippen LogP contribution < -0.4 is 5.43 Å². The largest absolute Gasteiger partial charge is 0.345 e. The molecule has 1 amide bonds. The predicted octanol–water partition coefficient (Wildman–Crippen LogP) is 2.56. The van der Waals surface area contributed by atoms with E-state index < -0.39 is 0 Å². The molecule has 0 fully saturated rings. The summed E-state index contributed by atoms with van der Waals surface area (Å²) >= 11 is 5.91. The van der Waals surface area contributed by atoms with Crippen molar-refractivity contribution >= 4 is 23.3 Å². The van der Waals surface area contributed by atoms with Crippen LogP contribution in [0.2, 0.25) is 5.02 Å². The van der Waals surface area contributed by atoms with Crippen molar-refractivity contribution in [1.82, 2.24) is 15.0 Å². The van der Waals surface area contributed by atoms with Crippen LogP contribution >= 0.6 is 11.6 Å². The number of ketones is 1. The zero-order valence-corrected chi connectivity index (χ0v) is 15.8. The van der Waals surface area contributed by atoms with E-state index in [9.17, 15) is 9.59 Å². The van der Waals surface area contributed by atoms with Gasteiger partial charge in [-0.3, -0.25) is 15.0 Å². The van der Waals surface area contributed by atoms with Crippen molar-refractivity contribution in [2.45, 2.75) is 19.4 Å². The summed E-state index contributed by atoms with van der Waals surface area (Å²) in [6.07, 6.45) is 3.80. The van der Waals surface area contributed by atoms with Crippen molar-refractivity contribution in [3.63, 3.8) is 0 Å². The van der Waals surface area contributed by atoms with E-state index in [1.54, 1.807) is 35.4 Å². The highest BCUT2D eigenvalue weighted by Gasteiger charge is 2.25. The minimum absolute atomic E-state index is 0.0701. The molecule has 0 saturated carbocycles. The fraction of sp³-hybridized carbons (Fsp3) is 0.250. The molecule has 7 heteroatoms. The van der Waals surface area contributed by atoms with Crippen molar-refractivity contribution in [2.75, 3.05) is 6.54 Å². The molecule has 0 aliphatic carbocycles. The third-order valence-electron chi connectivity index (χ3n) is 4.63. The first-order chi connectivity index (χ1) is 12.9. The fourth-order valence-electron chi connectivity index (χ4n) is 3.28. The lowest BCUT2D eigenvalue weighted by Crippen LogP contribution is -2.51. The number of nitriles is 1. The van der Waals surface area contributed by atoms with Gasteiger partial charge in [-0.25, -0.2) is 0 Å². The topological polar surface area (TPSA) is 78.1 Å². The normalized spacial score (nSPS) is 16.8. The molecule has 1 aromatic heterocycles. The highest BCUT2D eigenvalue weighted by atomic mass is 35.5. The van der Waals surface area contributed by atoms with Gasteiger partial charge >= 0.3 is 0 Å². The standard InChI is InChI=1S/C20H19ClN4O2/c1-13-11-17(12-16-7-8-18(26)23-25(16)10-9-22)24(2)19(13)20(27)14-3-5-15(21)6-4-14/h3-8,11,16H,10,12H2,1-2H3,(H,23,26). The van der Waals surface area contributed by atoms with E-state index in [0.29, 0.717) is 22.7 Å². The molecule has 2 aromatic rings. The first-order valence-corrected chi connectivity index (χ1v) is 8.86. The summed E-state index contributed by atoms with van der Waals surface area (Å²) in [7, 11) is 1.85. The van der Waals surface area contributed by atoms with Crippen LogP contribution in [0.4, 0.5) is 0 Å². The molecule has 1 N–H and O–H groups in total. The van der Waals surface area contributed by atoms with Gasteiger partial charge in [0, 0.05) is 35.8 Å². The summed E-state index contributed by atoms with van der Waals surface area (Å²) in [5.41, 5.74) is 5.69. The Kier molecular flexibility index (Phi) is 5.45. The Balaban J connectivity index is 1.88. The number of hydrogen-bond donors (Lipinski definition) is 1. The highest BCUT2D eigenvalue weighted by Crippen LogP contribution is 2.22. The second-order valence-corrected chi connectivity index (χ2v) is 6.89. The van der Waals surface area contributed by atoms with E-state index in [4.69, 9.17) is 16.9 Å². The molecule has 1 aliphatic rings. The highest BCUT2D eigenvalue weighted by molar-refractivity contribution is 6.30. The Hall–Kier alpha value is -2.88. The van der Waals surface area contributed by atoms with Gasteiger partial charge < -0.3 is 4.57 Å². The van der Waals surface area contributed by atoms with Crippen LogP contribution in [0.1, 0.15) is 27.3 Å². The van der Waals surface area contributed by atoms with Gasteiger partial charge in [-0.15, -0.1) is 0 Å². The number of carbonyl (C=O) groups is 2. The van der Waals surface area contributed by atoms with E-state index in [0.717, 1.165) is 11.3 Å². The summed E-state index contributed by atoms with van der Waals surface area (Å²) in [6, 6.07) is 10.7. The van der Waals surface area contributed by atoms with E-state index in [1.165, 1.54) is 6.08 Å². The summed E-state index contributed by atoms with van der Waals surface area (Å²) in [5, 5.41) is 11.2. The molecular weight excluding hydrogens is 364 g/mol. The molecule has 1 atom stereocenters. The SMILES string of the molecule is Cc1cc(CC2C=CC(=O)NN2CC#N)n(C)c1C(=O)c1ccc(Cl)cc1. The number of amides is 1. The van der Waals surface area contributed by atoms with Crippen molar-refractivity contribution in [1.29, 1.82) is 5.26 Å². The molecular formula is C20H19ClN4O2. The van der Waals surface area contributed by atoms with Gasteiger partial charge in [0.1, 0.15) is 6.54 Å². The Labute approximate surface area is 162 Å². The van der Waals surface area contributed by atoms with Gasteiger partial charge in [-0.05, 0) is 42.8 Å². The van der Waals surface area contributed by atoms with Gasteiger partial charge in [-0.2, -0.15) is 10.3 Å². The van der Waals surface area contributed by atoms with Crippen molar-refractivity contribution in [3.05, 3.63) is 70.0 Å². The lowest BCUT2D eigenvalue weighted by atomic mass is 10.1. The smallest absolute Gasteiger partial charge is 0.258 e. The van der Waals surface area contributed by atoms with E-state index >= 15 is 0 Å². The Morgan fingerprint density at radius 3 is 2.70 bits per heavy atom. The first kappa shape index (κ1) is 18.9. The van der Waals surface area contributed by atoms with Gasteiger partial charge in [-0.1, -0.05) is 17.7 Å². The molecule has 0 radical (unpaired) electrons. The van der Waals surface area contributed by atoms with E-state index in [2.05, 4.69) is 11.5 Å². The van der Waals surface area contributed by atoms with Crippen molar-refractivity contribution in [2.24, 2.45) is 7.05 Å². The van der Waals surface area contributed by atoms with Gasteiger partial charge in [0.05, 0.1) is 17.8 Å². The fourth-order valence-corrected chi connectivity index (χ4v) is 3.40. The number of benzene rings is 1. The molecule has 3 rings (SSSR count). The number of aryl methyl sites for hydroxylation is 1. The zero-order chi connectivity index (χ0) is 19.6. The molecule has 0 spiro atoms. The third kappa shape index (κ3) is 3.95. The molecule has 2 heterocycles. The molecule has 0 bridgehead atoms. The van der Waals surface area contributed by atoms with Crippen LogP contribution in [0.5, 0.6) is 0 Å². The lowest BCUT2D eigenvalue weighted by Gasteiger charge is -2.30. The second kappa shape index (κ2) is 7.78. The monoisotopic (exact) mass is 382 g/mol. The predicted molar refractivity (Wildman–Crippen MR) is 102 cm³/mol. The molecule has 1 unspecified atom stereocenters. The number of nitrogens with one attached hydrogen (secondary N) is 1. The van der Waals surface area contributed by atoms with Crippen molar-refractivity contribution < 1.29 is 9.59 Å². The number of rotatable bonds is 5. The maximum absolute atomic E-state index is 12.9. The summed E-state index contributed by atoms with van der Waals surface area (Å²) in [4.78, 5) is 24.5. The van der Waals surface area contributed by atoms with Crippen molar-refractivity contribution in [3.8, 4) is 6.07 Å². The quantitative estimate of drug-likeness (QED) is 0.636. The third-order valence-corrected chi connectivity index (χ3v) is 4.88. The molecule has 1 aliphatic heterocycles. The van der Waals surface area contributed by atoms with E-state index in [-0.39, 0.29) is 24.3 Å². The molecule has 1 aromatic carbocycles. The maximum atomic E-state index is 12.9. The van der Waals surface area contributed by atoms with Crippen LogP contribution in [0.25, 0.3) is 0 Å². The molecule has 6 nitrogen and oxygen atoms in total. The lowest BCUT2D eigenvalue weighted by molar-refractivity contribution is -0.122. The Morgan fingerprint density at radius 1 is 1.33 bits per heavy atom. The first-order valence-electron chi connectivity index (χ1n) is 8.48. The minimum atomic E-state index is -0.247. The number of carbonyl (C=O) groups excluding carboxylic acids is 2. The Bertz CT molecular complexity index is 954. The number of nitrogens with zero attached hydrogens (tertiary/aromatic N) is 3. The molecule has 0 saturated heterocycles. The summed E-state index contributed by atoms with van der Waals surface area (Å²) in [6.45, 7) is 1.99. The Morgan fingerprint density at radius 2 is 2.04 bits per heavy atom. The van der Waals surface area contributed by atoms with Gasteiger partial charge in [0.2, 0.25) is 5.78 Å². The summed E-state index contributed by atoms with van der Waals surface area (Å²) in [5.74, 6) is -0.317. The van der Waals surface area contributed by atoms with Crippen LogP contribution in [-0.4, -0.2) is 33.9 Å². The number of aromatic nitrogens is 1. The summed E-state index contributed by atoms with van der Waals surface area (Å²) < 4.78 is 1.88. The average Bonchev–Trinajstić information content (AvgIpc) is 2.91. The van der Waals surface area contributed by atoms with Crippen LogP contribution in [0.3, 0.4) is 0 Å². The molecule has 138 valence electrons. The zero-order valence-electron chi connectivity index (χ0n) is 15.1.